The molecule has 8 nitrogen and oxygen atoms in total. The maximum absolute atomic E-state index is 12.4. The minimum atomic E-state index is -0.113. The third kappa shape index (κ3) is 3.02. The Labute approximate surface area is 143 Å². The quantitative estimate of drug-likeness (QED) is 0.704. The van der Waals surface area contributed by atoms with Crippen LogP contribution < -0.4 is 5.56 Å². The number of nitrogens with zero attached hydrogens (tertiary/aromatic N) is 6. The molecule has 0 radical (unpaired) electrons. The molecule has 1 amide bonds. The molecule has 4 rings (SSSR count). The zero-order valence-corrected chi connectivity index (χ0v) is 13.7. The molecule has 25 heavy (non-hydrogen) atoms. The van der Waals surface area contributed by atoms with Gasteiger partial charge in [0, 0.05) is 26.1 Å². The summed E-state index contributed by atoms with van der Waals surface area (Å²) in [6, 6.07) is 7.35. The summed E-state index contributed by atoms with van der Waals surface area (Å²) in [6.45, 7) is 1.63. The highest BCUT2D eigenvalue weighted by molar-refractivity contribution is 5.77. The molecule has 0 spiro atoms. The van der Waals surface area contributed by atoms with Gasteiger partial charge in [0.1, 0.15) is 0 Å². The van der Waals surface area contributed by atoms with E-state index in [2.05, 4.69) is 15.2 Å². The first kappa shape index (κ1) is 15.5. The second kappa shape index (κ2) is 6.46. The van der Waals surface area contributed by atoms with E-state index in [1.54, 1.807) is 29.3 Å². The van der Waals surface area contributed by atoms with Gasteiger partial charge in [-0.05, 0) is 18.6 Å². The van der Waals surface area contributed by atoms with E-state index in [0.29, 0.717) is 30.5 Å². The molecule has 0 saturated carbocycles. The predicted octanol–water partition coefficient (Wildman–Crippen LogP) is 0.852. The van der Waals surface area contributed by atoms with Crippen LogP contribution in [0.3, 0.4) is 0 Å². The number of hydrogen-bond donors (Lipinski definition) is 0. The van der Waals surface area contributed by atoms with Crippen molar-refractivity contribution in [3.05, 3.63) is 53.3 Å². The van der Waals surface area contributed by atoms with Gasteiger partial charge < -0.3 is 4.90 Å². The minimum Gasteiger partial charge on any atom is -0.340 e. The Bertz CT molecular complexity index is 949. The molecule has 0 aliphatic carbocycles. The van der Waals surface area contributed by atoms with E-state index in [0.717, 1.165) is 6.42 Å². The summed E-state index contributed by atoms with van der Waals surface area (Å²) in [5.41, 5.74) is 0.558. The van der Waals surface area contributed by atoms with Crippen molar-refractivity contribution in [2.75, 3.05) is 13.1 Å². The van der Waals surface area contributed by atoms with Gasteiger partial charge in [-0.15, -0.1) is 0 Å². The molecule has 1 saturated heterocycles. The molecule has 1 aliphatic heterocycles. The Morgan fingerprint density at radius 1 is 1.20 bits per heavy atom. The van der Waals surface area contributed by atoms with E-state index in [4.69, 9.17) is 0 Å². The molecule has 8 heteroatoms. The molecule has 3 aromatic rings. The third-order valence-electron chi connectivity index (χ3n) is 4.58. The molecular weight excluding hydrogens is 320 g/mol. The number of para-hydroxylation sites is 1. The van der Waals surface area contributed by atoms with Crippen LogP contribution in [0, 0.1) is 0 Å². The number of fused-ring (bicyclic) bond motifs is 1. The topological polar surface area (TPSA) is 85.9 Å². The zero-order valence-electron chi connectivity index (χ0n) is 13.7. The van der Waals surface area contributed by atoms with Crippen LogP contribution >= 0.6 is 0 Å². The van der Waals surface area contributed by atoms with E-state index in [1.165, 1.54) is 10.9 Å². The molecule has 1 aromatic carbocycles. The Hall–Kier alpha value is -3.03. The van der Waals surface area contributed by atoms with Crippen molar-refractivity contribution in [1.82, 2.24) is 29.4 Å². The van der Waals surface area contributed by atoms with Crippen LogP contribution in [0.25, 0.3) is 10.9 Å². The number of hydrogen-bond acceptors (Lipinski definition) is 5. The second-order valence-corrected chi connectivity index (χ2v) is 6.14. The SMILES string of the molecule is O=C(CCn1cnc2ccccc2c1=O)N1CC[C@H](n2nccn2)C1. The molecule has 2 aromatic heterocycles. The number of amides is 1. The fourth-order valence-electron chi connectivity index (χ4n) is 3.21. The van der Waals surface area contributed by atoms with Gasteiger partial charge in [0.2, 0.25) is 5.91 Å². The highest BCUT2D eigenvalue weighted by Gasteiger charge is 2.28. The first-order chi connectivity index (χ1) is 12.2. The minimum absolute atomic E-state index is 0.0368. The summed E-state index contributed by atoms with van der Waals surface area (Å²) >= 11 is 0. The summed E-state index contributed by atoms with van der Waals surface area (Å²) in [7, 11) is 0. The summed E-state index contributed by atoms with van der Waals surface area (Å²) in [5, 5.41) is 8.85. The fourth-order valence-corrected chi connectivity index (χ4v) is 3.21. The van der Waals surface area contributed by atoms with Gasteiger partial charge in [-0.2, -0.15) is 15.0 Å². The van der Waals surface area contributed by atoms with E-state index in [9.17, 15) is 9.59 Å². The molecule has 1 fully saturated rings. The lowest BCUT2D eigenvalue weighted by atomic mass is 10.2. The van der Waals surface area contributed by atoms with Gasteiger partial charge in [-0.1, -0.05) is 12.1 Å². The average molecular weight is 338 g/mol. The van der Waals surface area contributed by atoms with Crippen molar-refractivity contribution in [1.29, 1.82) is 0 Å². The maximum atomic E-state index is 12.4. The number of benzene rings is 1. The van der Waals surface area contributed by atoms with E-state index in [-0.39, 0.29) is 23.9 Å². The van der Waals surface area contributed by atoms with Gasteiger partial charge in [0.25, 0.3) is 5.56 Å². The van der Waals surface area contributed by atoms with Gasteiger partial charge in [0.15, 0.2) is 0 Å². The van der Waals surface area contributed by atoms with Crippen LogP contribution in [0.4, 0.5) is 0 Å². The van der Waals surface area contributed by atoms with Gasteiger partial charge in [-0.25, -0.2) is 4.98 Å². The number of carbonyl (C=O) groups is 1. The van der Waals surface area contributed by atoms with Crippen LogP contribution in [0.5, 0.6) is 0 Å². The standard InChI is InChI=1S/C17H18N6O2/c24-16(21-9-5-13(11-21)23-19-7-8-20-23)6-10-22-12-18-15-4-2-1-3-14(15)17(22)25/h1-4,7-8,12-13H,5-6,9-11H2/t13-/m0/s1. The van der Waals surface area contributed by atoms with Crippen LogP contribution in [-0.2, 0) is 11.3 Å². The smallest absolute Gasteiger partial charge is 0.261 e. The Kier molecular flexibility index (Phi) is 4.01. The zero-order chi connectivity index (χ0) is 17.2. The number of aryl methyl sites for hydroxylation is 1. The van der Waals surface area contributed by atoms with Crippen LogP contribution in [0.15, 0.2) is 47.8 Å². The monoisotopic (exact) mass is 338 g/mol. The third-order valence-corrected chi connectivity index (χ3v) is 4.58. The first-order valence-corrected chi connectivity index (χ1v) is 8.30. The van der Waals surface area contributed by atoms with E-state index >= 15 is 0 Å². The largest absolute Gasteiger partial charge is 0.340 e. The number of likely N-dealkylation sites (tertiary alicyclic amines) is 1. The molecule has 1 aliphatic rings. The normalized spacial score (nSPS) is 17.3. The van der Waals surface area contributed by atoms with Gasteiger partial charge in [0.05, 0.1) is 35.7 Å². The van der Waals surface area contributed by atoms with Crippen molar-refractivity contribution in [3.8, 4) is 0 Å². The van der Waals surface area contributed by atoms with Crippen LogP contribution in [-0.4, -0.2) is 48.4 Å². The summed E-state index contributed by atoms with van der Waals surface area (Å²) < 4.78 is 1.50. The van der Waals surface area contributed by atoms with Crippen LogP contribution in [0.2, 0.25) is 0 Å². The molecule has 128 valence electrons. The Morgan fingerprint density at radius 2 is 2.00 bits per heavy atom. The van der Waals surface area contributed by atoms with Crippen molar-refractivity contribution in [2.24, 2.45) is 0 Å². The number of rotatable bonds is 4. The summed E-state index contributed by atoms with van der Waals surface area (Å²) in [4.78, 5) is 32.6. The van der Waals surface area contributed by atoms with E-state index in [1.807, 2.05) is 17.0 Å². The van der Waals surface area contributed by atoms with E-state index < -0.39 is 0 Å². The summed E-state index contributed by atoms with van der Waals surface area (Å²) in [5.74, 6) is 0.0368. The fraction of sp³-hybridized carbons (Fsp3) is 0.353. The highest BCUT2D eigenvalue weighted by atomic mass is 16.2. The molecule has 0 bridgehead atoms. The number of aromatic nitrogens is 5. The Balaban J connectivity index is 1.41. The molecule has 0 N–H and O–H groups in total. The first-order valence-electron chi connectivity index (χ1n) is 8.30. The average Bonchev–Trinajstić information content (AvgIpc) is 3.32. The predicted molar refractivity (Wildman–Crippen MR) is 90.9 cm³/mol. The lowest BCUT2D eigenvalue weighted by Gasteiger charge is -2.16. The van der Waals surface area contributed by atoms with Crippen LogP contribution in [0.1, 0.15) is 18.9 Å². The number of carbonyl (C=O) groups excluding carboxylic acids is 1. The second-order valence-electron chi connectivity index (χ2n) is 6.14. The van der Waals surface area contributed by atoms with Crippen molar-refractivity contribution >= 4 is 16.8 Å². The summed E-state index contributed by atoms with van der Waals surface area (Å²) in [6.07, 6.45) is 5.92. The molecule has 0 unspecified atom stereocenters. The van der Waals surface area contributed by atoms with Crippen molar-refractivity contribution in [3.63, 3.8) is 0 Å². The Morgan fingerprint density at radius 3 is 2.84 bits per heavy atom. The lowest BCUT2D eigenvalue weighted by molar-refractivity contribution is -0.130. The lowest BCUT2D eigenvalue weighted by Crippen LogP contribution is -2.31. The highest BCUT2D eigenvalue weighted by Crippen LogP contribution is 2.20. The van der Waals surface area contributed by atoms with Crippen molar-refractivity contribution in [2.45, 2.75) is 25.4 Å². The van der Waals surface area contributed by atoms with Crippen molar-refractivity contribution < 1.29 is 4.79 Å². The van der Waals surface area contributed by atoms with Gasteiger partial charge in [-0.3, -0.25) is 14.2 Å². The molecule has 3 heterocycles. The molecular formula is C17H18N6O2. The molecule has 1 atom stereocenters. The van der Waals surface area contributed by atoms with Gasteiger partial charge >= 0.3 is 0 Å². The maximum Gasteiger partial charge on any atom is 0.261 e.